The van der Waals surface area contributed by atoms with Gasteiger partial charge in [-0.25, -0.2) is 4.98 Å². The normalized spacial score (nSPS) is 23.7. The summed E-state index contributed by atoms with van der Waals surface area (Å²) >= 11 is 6.34. The molecular weight excluding hydrogens is 382 g/mol. The Kier molecular flexibility index (Phi) is 3.81. The molecule has 0 amide bonds. The van der Waals surface area contributed by atoms with Gasteiger partial charge in [-0.2, -0.15) is 0 Å². The zero-order valence-electron chi connectivity index (χ0n) is 16.3. The molecule has 0 spiro atoms. The number of anilines is 2. The first-order valence-corrected chi connectivity index (χ1v) is 10.9. The van der Waals surface area contributed by atoms with E-state index in [4.69, 9.17) is 22.3 Å². The summed E-state index contributed by atoms with van der Waals surface area (Å²) in [6, 6.07) is 4.20. The number of halogens is 1. The van der Waals surface area contributed by atoms with Crippen molar-refractivity contribution < 1.29 is 0 Å². The molecule has 1 saturated carbocycles. The summed E-state index contributed by atoms with van der Waals surface area (Å²) in [5, 5.41) is 1.73. The molecule has 6 heteroatoms. The number of pyridine rings is 1. The van der Waals surface area contributed by atoms with Crippen molar-refractivity contribution in [3.05, 3.63) is 63.1 Å². The largest absolute Gasteiger partial charge is 0.342 e. The zero-order chi connectivity index (χ0) is 19.6. The highest BCUT2D eigenvalue weighted by Crippen LogP contribution is 2.40. The molecule has 0 radical (unpaired) electrons. The van der Waals surface area contributed by atoms with Crippen molar-refractivity contribution in [2.45, 2.75) is 50.1 Å². The molecule has 0 bridgehead atoms. The average Bonchev–Trinajstić information content (AvgIpc) is 3.24. The Balaban J connectivity index is 1.48. The molecular formula is C23H24ClN5. The number of aromatic amines is 1. The Bertz CT molecular complexity index is 1180. The topological polar surface area (TPSA) is 70.3 Å². The second-order valence-corrected chi connectivity index (χ2v) is 8.96. The summed E-state index contributed by atoms with van der Waals surface area (Å²) in [6.07, 6.45) is 15.3. The number of rotatable bonds is 2. The van der Waals surface area contributed by atoms with Crippen LogP contribution in [0.15, 0.2) is 40.9 Å². The van der Waals surface area contributed by atoms with Gasteiger partial charge in [0.05, 0.1) is 18.3 Å². The molecule has 2 aliphatic carbocycles. The Labute approximate surface area is 174 Å². The highest BCUT2D eigenvalue weighted by molar-refractivity contribution is 6.29. The average molecular weight is 406 g/mol. The van der Waals surface area contributed by atoms with Gasteiger partial charge in [-0.15, -0.1) is 0 Å². The molecule has 2 aliphatic heterocycles. The lowest BCUT2D eigenvalue weighted by Crippen LogP contribution is -2.48. The number of aryl methyl sites for hydroxylation is 2. The Morgan fingerprint density at radius 3 is 2.86 bits per heavy atom. The van der Waals surface area contributed by atoms with E-state index in [0.717, 1.165) is 50.0 Å². The van der Waals surface area contributed by atoms with Crippen LogP contribution in [0.2, 0.25) is 5.15 Å². The summed E-state index contributed by atoms with van der Waals surface area (Å²) in [4.78, 5) is 15.3. The highest BCUT2D eigenvalue weighted by atomic mass is 35.5. The molecule has 4 heterocycles. The molecule has 2 aromatic heterocycles. The smallest absolute Gasteiger partial charge is 0.138 e. The van der Waals surface area contributed by atoms with Gasteiger partial charge >= 0.3 is 0 Å². The third-order valence-corrected chi connectivity index (χ3v) is 7.09. The van der Waals surface area contributed by atoms with Gasteiger partial charge in [-0.1, -0.05) is 35.9 Å². The van der Waals surface area contributed by atoms with E-state index in [1.807, 2.05) is 6.07 Å². The number of fused-ring (bicyclic) bond motifs is 4. The lowest BCUT2D eigenvalue weighted by atomic mass is 9.71. The Morgan fingerprint density at radius 2 is 2.10 bits per heavy atom. The standard InChI is InChI=1S/C23H24ClN5/c24-19-9-3-14-2-8-18-20(17-10-13-26-21(17)27-18)29(22(14)28-19)16-6-4-15(5-7-16)23(25)11-1-12-23/h3-6,9-10,16H,1-2,7-8,11-13,25H2,(H,26,27). The molecule has 1 atom stereocenters. The minimum atomic E-state index is -0.118. The second-order valence-electron chi connectivity index (χ2n) is 8.58. The Hall–Kier alpha value is -2.37. The van der Waals surface area contributed by atoms with Crippen LogP contribution in [0.4, 0.5) is 11.5 Å². The van der Waals surface area contributed by atoms with Gasteiger partial charge in [0.15, 0.2) is 0 Å². The number of nitrogens with two attached hydrogens (primary N) is 1. The molecule has 4 aliphatic rings. The fourth-order valence-electron chi connectivity index (χ4n) is 5.11. The zero-order valence-corrected chi connectivity index (χ0v) is 17.0. The van der Waals surface area contributed by atoms with Crippen LogP contribution >= 0.6 is 11.6 Å². The molecule has 0 aromatic carbocycles. The summed E-state index contributed by atoms with van der Waals surface area (Å²) in [6.45, 7) is 0.734. The highest BCUT2D eigenvalue weighted by Gasteiger charge is 2.37. The van der Waals surface area contributed by atoms with E-state index in [1.54, 1.807) is 0 Å². The van der Waals surface area contributed by atoms with Crippen molar-refractivity contribution in [1.82, 2.24) is 9.97 Å². The number of nitrogens with zero attached hydrogens (tertiary/aromatic N) is 3. The van der Waals surface area contributed by atoms with Gasteiger partial charge < -0.3 is 15.6 Å². The van der Waals surface area contributed by atoms with Crippen molar-refractivity contribution in [3.63, 3.8) is 0 Å². The maximum absolute atomic E-state index is 6.57. The van der Waals surface area contributed by atoms with Crippen LogP contribution in [0.25, 0.3) is 6.08 Å². The van der Waals surface area contributed by atoms with Gasteiger partial charge in [0.1, 0.15) is 16.5 Å². The van der Waals surface area contributed by atoms with Crippen molar-refractivity contribution in [3.8, 4) is 0 Å². The monoisotopic (exact) mass is 405 g/mol. The molecule has 3 N–H and O–H groups in total. The number of aromatic nitrogens is 2. The van der Waals surface area contributed by atoms with Gasteiger partial charge in [0.25, 0.3) is 0 Å². The van der Waals surface area contributed by atoms with Crippen LogP contribution in [-0.4, -0.2) is 28.1 Å². The van der Waals surface area contributed by atoms with Crippen molar-refractivity contribution in [2.75, 3.05) is 11.4 Å². The van der Waals surface area contributed by atoms with Crippen LogP contribution < -0.4 is 21.3 Å². The van der Waals surface area contributed by atoms with E-state index in [0.29, 0.717) is 5.15 Å². The number of hydrogen-bond acceptors (Lipinski definition) is 4. The first kappa shape index (κ1) is 17.5. The predicted octanol–water partition coefficient (Wildman–Crippen LogP) is 2.85. The van der Waals surface area contributed by atoms with E-state index in [9.17, 15) is 0 Å². The van der Waals surface area contributed by atoms with Crippen LogP contribution in [0.5, 0.6) is 0 Å². The molecule has 1 fully saturated rings. The lowest BCUT2D eigenvalue weighted by Gasteiger charge is -2.41. The fourth-order valence-corrected chi connectivity index (χ4v) is 5.25. The molecule has 148 valence electrons. The summed E-state index contributed by atoms with van der Waals surface area (Å²) < 4.78 is 0. The van der Waals surface area contributed by atoms with E-state index in [2.05, 4.69) is 45.2 Å². The Morgan fingerprint density at radius 1 is 1.21 bits per heavy atom. The van der Waals surface area contributed by atoms with Crippen LogP contribution in [0, 0.1) is 0 Å². The first-order valence-electron chi connectivity index (χ1n) is 10.5. The number of H-pyrrole nitrogens is 1. The van der Waals surface area contributed by atoms with E-state index < -0.39 is 0 Å². The van der Waals surface area contributed by atoms with Crippen molar-refractivity contribution in [2.24, 2.45) is 10.7 Å². The van der Waals surface area contributed by atoms with Crippen LogP contribution in [0.1, 0.15) is 36.9 Å². The maximum atomic E-state index is 6.57. The van der Waals surface area contributed by atoms with Crippen LogP contribution in [-0.2, 0) is 12.8 Å². The quantitative estimate of drug-likeness (QED) is 0.755. The molecule has 2 aromatic rings. The van der Waals surface area contributed by atoms with Crippen LogP contribution in [0.3, 0.4) is 0 Å². The van der Waals surface area contributed by atoms with Crippen molar-refractivity contribution in [1.29, 1.82) is 0 Å². The number of hydrogen-bond donors (Lipinski definition) is 2. The third-order valence-electron chi connectivity index (χ3n) is 6.88. The second kappa shape index (κ2) is 6.31. The SMILES string of the molecule is NC1(C2=CCC(N3c4nc(Cl)ccc4CCc4[nH]c5c(c43)=CCN=5)C=C2)CCC1. The lowest BCUT2D eigenvalue weighted by molar-refractivity contribution is 0.302. The van der Waals surface area contributed by atoms with E-state index in [-0.39, 0.29) is 11.6 Å². The first-order chi connectivity index (χ1) is 14.1. The summed E-state index contributed by atoms with van der Waals surface area (Å²) in [7, 11) is 0. The molecule has 6 rings (SSSR count). The minimum absolute atomic E-state index is 0.118. The van der Waals surface area contributed by atoms with Crippen molar-refractivity contribution >= 4 is 29.2 Å². The molecule has 29 heavy (non-hydrogen) atoms. The van der Waals surface area contributed by atoms with Gasteiger partial charge in [-0.3, -0.25) is 4.99 Å². The van der Waals surface area contributed by atoms with Gasteiger partial charge in [0, 0.05) is 16.5 Å². The van der Waals surface area contributed by atoms with E-state index >= 15 is 0 Å². The van der Waals surface area contributed by atoms with Gasteiger partial charge in [0.2, 0.25) is 0 Å². The molecule has 0 saturated heterocycles. The fraction of sp³-hybridized carbons (Fsp3) is 0.391. The third kappa shape index (κ3) is 2.64. The molecule has 5 nitrogen and oxygen atoms in total. The molecule has 1 unspecified atom stereocenters. The van der Waals surface area contributed by atoms with E-state index in [1.165, 1.54) is 34.2 Å². The summed E-state index contributed by atoms with van der Waals surface area (Å²) in [5.41, 5.74) is 12.4. The number of nitrogens with one attached hydrogen (secondary N) is 1. The predicted molar refractivity (Wildman–Crippen MR) is 116 cm³/mol. The minimum Gasteiger partial charge on any atom is -0.342 e. The van der Waals surface area contributed by atoms with Gasteiger partial charge in [-0.05, 0) is 61.8 Å². The maximum Gasteiger partial charge on any atom is 0.138 e. The summed E-state index contributed by atoms with van der Waals surface area (Å²) in [5.74, 6) is 0.968.